The van der Waals surface area contributed by atoms with Crippen LogP contribution in [0.4, 0.5) is 0 Å². The molecule has 19 heavy (non-hydrogen) atoms. The number of nitrogens with one attached hydrogen (secondary N) is 1. The summed E-state index contributed by atoms with van der Waals surface area (Å²) in [6.07, 6.45) is 0. The van der Waals surface area contributed by atoms with Gasteiger partial charge in [-0.05, 0) is 35.9 Å². The normalized spacial score (nSPS) is 11.4. The van der Waals surface area contributed by atoms with E-state index in [0.717, 1.165) is 5.56 Å². The highest BCUT2D eigenvalue weighted by molar-refractivity contribution is 9.10. The zero-order valence-corrected chi connectivity index (χ0v) is 12.3. The number of hydrogen-bond donors (Lipinski definition) is 2. The Labute approximate surface area is 120 Å². The number of phenols is 1. The quantitative estimate of drug-likeness (QED) is 0.898. The molecule has 0 fully saturated rings. The van der Waals surface area contributed by atoms with Gasteiger partial charge in [0.2, 0.25) is 10.0 Å². The molecule has 0 spiro atoms. The van der Waals surface area contributed by atoms with Crippen molar-refractivity contribution >= 4 is 26.0 Å². The molecule has 2 aromatic carbocycles. The third-order valence-electron chi connectivity index (χ3n) is 2.51. The van der Waals surface area contributed by atoms with Crippen molar-refractivity contribution in [2.75, 3.05) is 0 Å². The van der Waals surface area contributed by atoms with Crippen LogP contribution >= 0.6 is 15.9 Å². The fourth-order valence-corrected chi connectivity index (χ4v) is 3.12. The molecule has 0 saturated heterocycles. The van der Waals surface area contributed by atoms with Crippen LogP contribution in [0.3, 0.4) is 0 Å². The van der Waals surface area contributed by atoms with Crippen LogP contribution < -0.4 is 4.72 Å². The summed E-state index contributed by atoms with van der Waals surface area (Å²) in [7, 11) is -3.53. The van der Waals surface area contributed by atoms with E-state index in [0.29, 0.717) is 4.47 Å². The predicted octanol–water partition coefficient (Wildman–Crippen LogP) is 2.63. The zero-order valence-electron chi connectivity index (χ0n) is 9.88. The van der Waals surface area contributed by atoms with Gasteiger partial charge in [-0.25, -0.2) is 13.1 Å². The molecule has 0 aliphatic rings. The molecule has 0 unspecified atom stereocenters. The minimum absolute atomic E-state index is 0.151. The van der Waals surface area contributed by atoms with Crippen molar-refractivity contribution in [1.29, 1.82) is 0 Å². The predicted molar refractivity (Wildman–Crippen MR) is 76.3 cm³/mol. The third-order valence-corrected chi connectivity index (χ3v) is 4.40. The summed E-state index contributed by atoms with van der Waals surface area (Å²) in [5.41, 5.74) is 0.774. The third kappa shape index (κ3) is 3.79. The summed E-state index contributed by atoms with van der Waals surface area (Å²) in [5.74, 6) is 0.151. The van der Waals surface area contributed by atoms with Crippen LogP contribution in [0.2, 0.25) is 0 Å². The zero-order chi connectivity index (χ0) is 13.9. The summed E-state index contributed by atoms with van der Waals surface area (Å²) < 4.78 is 27.3. The minimum Gasteiger partial charge on any atom is -0.508 e. The SMILES string of the molecule is O=S(=O)(NCc1ccc(O)cc1)c1cccc(Br)c1. The van der Waals surface area contributed by atoms with Crippen LogP contribution in [0.5, 0.6) is 5.75 Å². The Bertz CT molecular complexity index is 669. The van der Waals surface area contributed by atoms with Crippen molar-refractivity contribution in [2.24, 2.45) is 0 Å². The number of hydrogen-bond acceptors (Lipinski definition) is 3. The average molecular weight is 342 g/mol. The lowest BCUT2D eigenvalue weighted by atomic mass is 10.2. The Morgan fingerprint density at radius 1 is 1.11 bits per heavy atom. The number of rotatable bonds is 4. The van der Waals surface area contributed by atoms with Gasteiger partial charge in [0.05, 0.1) is 4.90 Å². The highest BCUT2D eigenvalue weighted by Gasteiger charge is 2.13. The average Bonchev–Trinajstić information content (AvgIpc) is 2.38. The fraction of sp³-hybridized carbons (Fsp3) is 0.0769. The topological polar surface area (TPSA) is 66.4 Å². The van der Waals surface area contributed by atoms with Crippen LogP contribution in [0.15, 0.2) is 57.9 Å². The smallest absolute Gasteiger partial charge is 0.240 e. The maximum Gasteiger partial charge on any atom is 0.240 e. The largest absolute Gasteiger partial charge is 0.508 e. The Hall–Kier alpha value is -1.37. The molecule has 2 N–H and O–H groups in total. The molecule has 0 bridgehead atoms. The molecule has 100 valence electrons. The number of aromatic hydroxyl groups is 1. The summed E-state index contributed by atoms with van der Waals surface area (Å²) in [6, 6.07) is 12.9. The molecular formula is C13H12BrNO3S. The first-order chi connectivity index (χ1) is 8.97. The fourth-order valence-electron chi connectivity index (χ4n) is 1.51. The van der Waals surface area contributed by atoms with Gasteiger partial charge in [-0.15, -0.1) is 0 Å². The Morgan fingerprint density at radius 2 is 1.79 bits per heavy atom. The lowest BCUT2D eigenvalue weighted by molar-refractivity contribution is 0.475. The Balaban J connectivity index is 2.12. The van der Waals surface area contributed by atoms with Gasteiger partial charge >= 0.3 is 0 Å². The number of sulfonamides is 1. The van der Waals surface area contributed by atoms with E-state index in [1.165, 1.54) is 18.2 Å². The van der Waals surface area contributed by atoms with Gasteiger partial charge in [-0.2, -0.15) is 0 Å². The highest BCUT2D eigenvalue weighted by atomic mass is 79.9. The molecular weight excluding hydrogens is 330 g/mol. The first-order valence-electron chi connectivity index (χ1n) is 5.50. The van der Waals surface area contributed by atoms with Gasteiger partial charge in [-0.1, -0.05) is 34.1 Å². The number of benzene rings is 2. The van der Waals surface area contributed by atoms with Crippen LogP contribution in [-0.2, 0) is 16.6 Å². The minimum atomic E-state index is -3.53. The van der Waals surface area contributed by atoms with Crippen molar-refractivity contribution in [1.82, 2.24) is 4.72 Å². The molecule has 0 aliphatic heterocycles. The summed E-state index contributed by atoms with van der Waals surface area (Å²) in [4.78, 5) is 0.209. The van der Waals surface area contributed by atoms with Gasteiger partial charge < -0.3 is 5.11 Å². The van der Waals surface area contributed by atoms with Gasteiger partial charge in [0, 0.05) is 11.0 Å². The van der Waals surface area contributed by atoms with Crippen LogP contribution in [0.1, 0.15) is 5.56 Å². The van der Waals surface area contributed by atoms with E-state index in [9.17, 15) is 8.42 Å². The molecule has 2 rings (SSSR count). The summed E-state index contributed by atoms with van der Waals surface area (Å²) in [6.45, 7) is 0.176. The summed E-state index contributed by atoms with van der Waals surface area (Å²) in [5, 5.41) is 9.15. The molecule has 0 saturated carbocycles. The van der Waals surface area contributed by atoms with Crippen molar-refractivity contribution in [3.63, 3.8) is 0 Å². The molecule has 0 amide bonds. The maximum absolute atomic E-state index is 12.0. The first kappa shape index (κ1) is 14.0. The second-order valence-corrected chi connectivity index (χ2v) is 6.63. The Kier molecular flexibility index (Phi) is 4.24. The van der Waals surface area contributed by atoms with Gasteiger partial charge in [0.1, 0.15) is 5.75 Å². The lowest BCUT2D eigenvalue weighted by Crippen LogP contribution is -2.23. The van der Waals surface area contributed by atoms with Crippen molar-refractivity contribution in [3.8, 4) is 5.75 Å². The highest BCUT2D eigenvalue weighted by Crippen LogP contribution is 2.16. The molecule has 0 aromatic heterocycles. The standard InChI is InChI=1S/C13H12BrNO3S/c14-11-2-1-3-13(8-11)19(17,18)15-9-10-4-6-12(16)7-5-10/h1-8,15-16H,9H2. The van der Waals surface area contributed by atoms with Crippen LogP contribution in [0.25, 0.3) is 0 Å². The maximum atomic E-state index is 12.0. The molecule has 0 atom stereocenters. The van der Waals surface area contributed by atoms with Gasteiger partial charge in [0.25, 0.3) is 0 Å². The molecule has 0 radical (unpaired) electrons. The van der Waals surface area contributed by atoms with Crippen molar-refractivity contribution < 1.29 is 13.5 Å². The van der Waals surface area contributed by atoms with Crippen molar-refractivity contribution in [3.05, 3.63) is 58.6 Å². The van der Waals surface area contributed by atoms with E-state index in [4.69, 9.17) is 5.11 Å². The van der Waals surface area contributed by atoms with E-state index in [2.05, 4.69) is 20.7 Å². The lowest BCUT2D eigenvalue weighted by Gasteiger charge is -2.07. The second kappa shape index (κ2) is 5.73. The molecule has 6 heteroatoms. The van der Waals surface area contributed by atoms with Crippen LogP contribution in [-0.4, -0.2) is 13.5 Å². The van der Waals surface area contributed by atoms with E-state index in [1.54, 1.807) is 30.3 Å². The van der Waals surface area contributed by atoms with Crippen molar-refractivity contribution in [2.45, 2.75) is 11.4 Å². The summed E-state index contributed by atoms with van der Waals surface area (Å²) >= 11 is 3.24. The molecule has 0 aliphatic carbocycles. The monoisotopic (exact) mass is 341 g/mol. The number of halogens is 1. The van der Waals surface area contributed by atoms with E-state index >= 15 is 0 Å². The number of phenolic OH excluding ortho intramolecular Hbond substituents is 1. The van der Waals surface area contributed by atoms with Crippen LogP contribution in [0, 0.1) is 0 Å². The molecule has 0 heterocycles. The van der Waals surface area contributed by atoms with E-state index in [1.807, 2.05) is 0 Å². The second-order valence-electron chi connectivity index (χ2n) is 3.95. The Morgan fingerprint density at radius 3 is 2.42 bits per heavy atom. The van der Waals surface area contributed by atoms with E-state index in [-0.39, 0.29) is 17.2 Å². The van der Waals surface area contributed by atoms with Gasteiger partial charge in [-0.3, -0.25) is 0 Å². The van der Waals surface area contributed by atoms with Gasteiger partial charge in [0.15, 0.2) is 0 Å². The first-order valence-corrected chi connectivity index (χ1v) is 7.78. The molecule has 2 aromatic rings. The van der Waals surface area contributed by atoms with E-state index < -0.39 is 10.0 Å². The molecule has 4 nitrogen and oxygen atoms in total.